The van der Waals surface area contributed by atoms with Crippen LogP contribution in [0.1, 0.15) is 81.7 Å². The quantitative estimate of drug-likeness (QED) is 0.0113. The average molecular weight is 1460 g/mol. The number of hydrogen-bond acceptors (Lipinski definition) is 19. The Balaban J connectivity index is 1.54. The molecule has 4 aromatic rings. The maximum Gasteiger partial charge on any atom is 0.322 e. The third-order valence-electron chi connectivity index (χ3n) is 15.5. The minimum absolute atomic E-state index is 0.000415. The Labute approximate surface area is 598 Å². The number of benzene rings is 3. The number of amides is 11. The number of phenols is 1. The van der Waals surface area contributed by atoms with E-state index in [2.05, 4.69) is 79.1 Å². The molecule has 37 heteroatoms. The summed E-state index contributed by atoms with van der Waals surface area (Å²) in [6.07, 6.45) is 2.69. The van der Waals surface area contributed by atoms with E-state index in [4.69, 9.17) is 28.0 Å². The fourth-order valence-corrected chi connectivity index (χ4v) is 10.5. The standard InChI is InChI=1S/C66H94N20O16S/c1-36(2)54(86-56(94)43(67)27-40-19-21-42(87)22-20-40)64(102)82-46(23-26-103-4)57(95)75-33-51(88)79-49(30-41-32-72-35-77-41)62(100)85-48(29-39-15-9-6-10-16-39)61(99)80-44(17-11-24-73-65(68)69)59(97)78-37(3)55(93)83-50(31-52(89)90)63(101)81-45(18-12-25-74-66(70)71)60(98)84-47(58(96)76-34-53(91)92)28-38-13-7-5-8-14-38/h5-10,13-16,19-22,32,35-37,43-50,54,87H,11-12,17-18,23-31,33-34,67H2,1-4H3,(H,72,77)(H,75,95)(H,76,96)(H,78,97)(H,79,88)(H,80,99)(H,81,101)(H,82,102)(H,83,93)(H,84,98)(H,85,100)(H,86,94)(H,89,90)(H,91,92)(H4,68,69,73)(H4,70,71,74)/t37-,43-,44-,45-,46-,47-,48-,49-,50-,54-/m0/s1. The van der Waals surface area contributed by atoms with Gasteiger partial charge in [-0.2, -0.15) is 11.8 Å². The largest absolute Gasteiger partial charge is 0.508 e. The number of aliphatic carboxylic acids is 2. The number of hydrogen-bond donors (Lipinski definition) is 22. The second kappa shape index (κ2) is 44.0. The smallest absolute Gasteiger partial charge is 0.322 e. The molecule has 0 aliphatic heterocycles. The third-order valence-corrected chi connectivity index (χ3v) is 16.2. The molecule has 0 fully saturated rings. The second-order valence-electron chi connectivity index (χ2n) is 24.2. The van der Waals surface area contributed by atoms with Crippen LogP contribution >= 0.6 is 11.8 Å². The molecule has 0 saturated heterocycles. The Morgan fingerprint density at radius 1 is 0.485 bits per heavy atom. The first-order chi connectivity index (χ1) is 48.9. The van der Waals surface area contributed by atoms with Gasteiger partial charge in [-0.15, -0.1) is 0 Å². The summed E-state index contributed by atoms with van der Waals surface area (Å²) in [5, 5.41) is 76.6. The van der Waals surface area contributed by atoms with E-state index >= 15 is 0 Å². The summed E-state index contributed by atoms with van der Waals surface area (Å²) >= 11 is 1.37. The van der Waals surface area contributed by atoms with Crippen LogP contribution in [0.2, 0.25) is 0 Å². The molecule has 0 bridgehead atoms. The number of carbonyl (C=O) groups is 13. The fraction of sp³-hybridized carbons (Fsp3) is 0.455. The van der Waals surface area contributed by atoms with Gasteiger partial charge < -0.3 is 107 Å². The van der Waals surface area contributed by atoms with E-state index in [-0.39, 0.29) is 82.3 Å². The van der Waals surface area contributed by atoms with Gasteiger partial charge in [-0.25, -0.2) is 4.98 Å². The molecule has 0 aliphatic carbocycles. The molecule has 0 unspecified atom stereocenters. The minimum Gasteiger partial charge on any atom is -0.508 e. The van der Waals surface area contributed by atoms with Crippen molar-refractivity contribution in [3.8, 4) is 5.75 Å². The van der Waals surface area contributed by atoms with Crippen molar-refractivity contribution in [3.63, 3.8) is 0 Å². The zero-order chi connectivity index (χ0) is 76.1. The number of imidazole rings is 1. The molecule has 560 valence electrons. The van der Waals surface area contributed by atoms with Crippen molar-refractivity contribution in [2.75, 3.05) is 38.2 Å². The molecular formula is C66H94N20O16S. The predicted octanol–water partition coefficient (Wildman–Crippen LogP) is -4.18. The van der Waals surface area contributed by atoms with Gasteiger partial charge >= 0.3 is 11.9 Å². The Kier molecular flexibility index (Phi) is 35.9. The lowest BCUT2D eigenvalue weighted by Gasteiger charge is -2.27. The number of rotatable bonds is 45. The van der Waals surface area contributed by atoms with Crippen LogP contribution < -0.4 is 86.3 Å². The lowest BCUT2D eigenvalue weighted by molar-refractivity contribution is -0.141. The number of nitrogens with two attached hydrogens (primary N) is 3. The van der Waals surface area contributed by atoms with Gasteiger partial charge in [0.25, 0.3) is 0 Å². The highest BCUT2D eigenvalue weighted by Crippen LogP contribution is 2.14. The number of aromatic nitrogens is 2. The maximum atomic E-state index is 14.7. The van der Waals surface area contributed by atoms with Crippen LogP contribution in [-0.4, -0.2) is 213 Å². The summed E-state index contributed by atoms with van der Waals surface area (Å²) in [6.45, 7) is 3.01. The van der Waals surface area contributed by atoms with E-state index < -0.39 is 175 Å². The number of aromatic hydroxyl groups is 1. The molecule has 1 aromatic heterocycles. The van der Waals surface area contributed by atoms with Crippen LogP contribution in [-0.2, 0) is 88.0 Å². The Hall–Kier alpha value is -11.4. The number of phenolic OH excluding ortho intramolecular Hbond substituents is 1. The van der Waals surface area contributed by atoms with Gasteiger partial charge in [0, 0.05) is 38.5 Å². The first kappa shape index (κ1) is 84.0. The van der Waals surface area contributed by atoms with Gasteiger partial charge in [0.05, 0.1) is 31.0 Å². The van der Waals surface area contributed by atoms with Gasteiger partial charge in [-0.1, -0.05) is 86.6 Å². The van der Waals surface area contributed by atoms with E-state index in [1.165, 1.54) is 43.3 Å². The molecule has 3 aromatic carbocycles. The first-order valence-electron chi connectivity index (χ1n) is 32.9. The van der Waals surface area contributed by atoms with Crippen molar-refractivity contribution < 1.29 is 77.6 Å². The van der Waals surface area contributed by atoms with Gasteiger partial charge in [0.15, 0.2) is 11.9 Å². The number of carboxylic acids is 2. The molecule has 1 heterocycles. The summed E-state index contributed by atoms with van der Waals surface area (Å²) in [5.41, 5.74) is 19.1. The summed E-state index contributed by atoms with van der Waals surface area (Å²) in [5.74, 6) is -14.0. The average Bonchev–Trinajstić information content (AvgIpc) is 1.42. The van der Waals surface area contributed by atoms with E-state index in [1.54, 1.807) is 92.9 Å². The molecule has 25 N–H and O–H groups in total. The van der Waals surface area contributed by atoms with Crippen molar-refractivity contribution in [2.45, 2.75) is 145 Å². The number of nitrogens with one attached hydrogen (secondary N) is 16. The zero-order valence-electron chi connectivity index (χ0n) is 57.4. The highest BCUT2D eigenvalue weighted by Gasteiger charge is 2.36. The fourth-order valence-electron chi connectivity index (χ4n) is 10.0. The lowest BCUT2D eigenvalue weighted by atomic mass is 10.0. The van der Waals surface area contributed by atoms with Crippen molar-refractivity contribution >= 4 is 101 Å². The van der Waals surface area contributed by atoms with Crippen LogP contribution in [0.4, 0.5) is 0 Å². The second-order valence-corrected chi connectivity index (χ2v) is 25.2. The van der Waals surface area contributed by atoms with Crippen molar-refractivity contribution in [1.29, 1.82) is 10.8 Å². The number of aromatic amines is 1. The molecular weight excluding hydrogens is 1360 g/mol. The van der Waals surface area contributed by atoms with E-state index in [0.717, 1.165) is 0 Å². The summed E-state index contributed by atoms with van der Waals surface area (Å²) in [4.78, 5) is 184. The van der Waals surface area contributed by atoms with Gasteiger partial charge in [-0.3, -0.25) is 73.1 Å². The van der Waals surface area contributed by atoms with Crippen LogP contribution in [0.15, 0.2) is 97.5 Å². The Morgan fingerprint density at radius 2 is 0.932 bits per heavy atom. The molecule has 103 heavy (non-hydrogen) atoms. The number of thioether (sulfide) groups is 1. The number of nitrogens with zero attached hydrogens (tertiary/aromatic N) is 1. The lowest BCUT2D eigenvalue weighted by Crippen LogP contribution is -2.60. The van der Waals surface area contributed by atoms with Gasteiger partial charge in [0.1, 0.15) is 66.7 Å². The molecule has 11 amide bonds. The van der Waals surface area contributed by atoms with Crippen LogP contribution in [0.3, 0.4) is 0 Å². The van der Waals surface area contributed by atoms with E-state index in [9.17, 15) is 77.6 Å². The molecule has 0 saturated carbocycles. The molecule has 0 radical (unpaired) electrons. The minimum atomic E-state index is -1.94. The van der Waals surface area contributed by atoms with Gasteiger partial charge in [0.2, 0.25) is 65.0 Å². The van der Waals surface area contributed by atoms with Crippen LogP contribution in [0, 0.1) is 16.7 Å². The van der Waals surface area contributed by atoms with Gasteiger partial charge in [-0.05, 0) is 92.2 Å². The predicted molar refractivity (Wildman–Crippen MR) is 377 cm³/mol. The Morgan fingerprint density at radius 3 is 1.43 bits per heavy atom. The van der Waals surface area contributed by atoms with Crippen LogP contribution in [0.25, 0.3) is 0 Å². The van der Waals surface area contributed by atoms with Crippen molar-refractivity contribution in [3.05, 3.63) is 120 Å². The monoisotopic (exact) mass is 1450 g/mol. The highest BCUT2D eigenvalue weighted by atomic mass is 32.2. The number of H-pyrrole nitrogens is 1. The maximum absolute atomic E-state index is 14.7. The zero-order valence-corrected chi connectivity index (χ0v) is 58.2. The van der Waals surface area contributed by atoms with Crippen LogP contribution in [0.5, 0.6) is 5.75 Å². The van der Waals surface area contributed by atoms with Crippen molar-refractivity contribution in [2.24, 2.45) is 23.1 Å². The van der Waals surface area contributed by atoms with Crippen molar-refractivity contribution in [1.82, 2.24) is 79.1 Å². The molecule has 10 atom stereocenters. The normalized spacial score (nSPS) is 13.8. The molecule has 0 aliphatic rings. The number of guanidine groups is 2. The summed E-state index contributed by atoms with van der Waals surface area (Å²) in [7, 11) is 0. The third kappa shape index (κ3) is 31.8. The highest BCUT2D eigenvalue weighted by molar-refractivity contribution is 7.98. The Bertz CT molecular complexity index is 3520. The molecule has 4 rings (SSSR count). The first-order valence-corrected chi connectivity index (χ1v) is 34.3. The topological polar surface area (TPSA) is 593 Å². The van der Waals surface area contributed by atoms with E-state index in [1.807, 2.05) is 0 Å². The number of carbonyl (C=O) groups excluding carboxylic acids is 11. The SMILES string of the molecule is CSCC[C@H](NC(=O)[C@@H](NC(=O)[C@@H](N)Cc1ccc(O)cc1)C(C)C)C(=O)NCC(=O)N[C@@H](Cc1c[nH]cn1)C(=O)N[C@@H](Cc1ccccc1)C(=O)N[C@@H](CCCNC(=N)N)C(=O)N[C@@H](C)C(=O)N[C@@H](CC(=O)O)C(=O)N[C@@H](CCCNC(=N)N)C(=O)N[C@@H](Cc1ccccc1)C(=O)NCC(=O)O. The summed E-state index contributed by atoms with van der Waals surface area (Å²) < 4.78 is 0. The molecule has 0 spiro atoms. The summed E-state index contributed by atoms with van der Waals surface area (Å²) in [6, 6.07) is 8.25. The van der Waals surface area contributed by atoms with E-state index in [0.29, 0.717) is 22.4 Å². The number of carboxylic acid groups (broad SMARTS) is 2. The molecule has 36 nitrogen and oxygen atoms in total.